The van der Waals surface area contributed by atoms with Crippen molar-refractivity contribution in [2.45, 2.75) is 19.3 Å². The first-order valence-electron chi connectivity index (χ1n) is 7.22. The first-order valence-corrected chi connectivity index (χ1v) is 7.22. The maximum Gasteiger partial charge on any atom is 0.220 e. The van der Waals surface area contributed by atoms with Crippen molar-refractivity contribution in [1.82, 2.24) is 5.32 Å². The number of nitrogens with one attached hydrogen (secondary N) is 1. The van der Waals surface area contributed by atoms with E-state index < -0.39 is 0 Å². The number of rotatable bonds is 5. The molecule has 2 rings (SSSR count). The predicted molar refractivity (Wildman–Crippen MR) is 80.8 cm³/mol. The highest BCUT2D eigenvalue weighted by atomic mass is 16.5. The number of carbonyl (C=O) groups excluding carboxylic acids is 2. The summed E-state index contributed by atoms with van der Waals surface area (Å²) in [6.07, 6.45) is 1.67. The molecule has 0 saturated carbocycles. The molecule has 6 nitrogen and oxygen atoms in total. The number of methoxy groups -OCH3 is 3. The third-order valence-corrected chi connectivity index (χ3v) is 3.82. The van der Waals surface area contributed by atoms with Crippen LogP contribution in [-0.2, 0) is 4.79 Å². The zero-order chi connectivity index (χ0) is 16.1. The lowest BCUT2D eigenvalue weighted by atomic mass is 9.90. The number of hydrogen-bond donors (Lipinski definition) is 1. The molecule has 1 N–H and O–H groups in total. The van der Waals surface area contributed by atoms with Crippen LogP contribution in [0.2, 0.25) is 0 Å². The Hall–Kier alpha value is -2.24. The monoisotopic (exact) mass is 307 g/mol. The average molecular weight is 307 g/mol. The highest BCUT2D eigenvalue weighted by molar-refractivity contribution is 6.03. The Morgan fingerprint density at radius 1 is 1.14 bits per heavy atom. The van der Waals surface area contributed by atoms with Crippen molar-refractivity contribution >= 4 is 11.7 Å². The molecule has 1 aliphatic rings. The van der Waals surface area contributed by atoms with Crippen LogP contribution in [0.5, 0.6) is 17.2 Å². The van der Waals surface area contributed by atoms with Crippen LogP contribution in [-0.4, -0.2) is 39.6 Å². The summed E-state index contributed by atoms with van der Waals surface area (Å²) >= 11 is 0. The fourth-order valence-electron chi connectivity index (χ4n) is 2.71. The van der Waals surface area contributed by atoms with Gasteiger partial charge in [-0.3, -0.25) is 9.59 Å². The maximum absolute atomic E-state index is 12.8. The Balaban J connectivity index is 2.38. The van der Waals surface area contributed by atoms with Crippen LogP contribution in [0.3, 0.4) is 0 Å². The largest absolute Gasteiger partial charge is 0.493 e. The van der Waals surface area contributed by atoms with Crippen LogP contribution in [0, 0.1) is 5.92 Å². The molecule has 6 heteroatoms. The molecule has 1 aliphatic heterocycles. The van der Waals surface area contributed by atoms with E-state index in [4.69, 9.17) is 14.2 Å². The second kappa shape index (κ2) is 7.15. The van der Waals surface area contributed by atoms with Gasteiger partial charge in [0.1, 0.15) is 0 Å². The van der Waals surface area contributed by atoms with Gasteiger partial charge in [0.15, 0.2) is 17.3 Å². The zero-order valence-electron chi connectivity index (χ0n) is 13.1. The van der Waals surface area contributed by atoms with Gasteiger partial charge in [-0.25, -0.2) is 0 Å². The Labute approximate surface area is 129 Å². The normalized spacial score (nSPS) is 18.1. The zero-order valence-corrected chi connectivity index (χ0v) is 13.1. The number of benzene rings is 1. The molecule has 1 saturated heterocycles. The van der Waals surface area contributed by atoms with Gasteiger partial charge < -0.3 is 19.5 Å². The van der Waals surface area contributed by atoms with E-state index in [0.29, 0.717) is 35.8 Å². The van der Waals surface area contributed by atoms with Gasteiger partial charge in [-0.1, -0.05) is 0 Å². The van der Waals surface area contributed by atoms with Crippen molar-refractivity contribution < 1.29 is 23.8 Å². The Morgan fingerprint density at radius 2 is 1.86 bits per heavy atom. The van der Waals surface area contributed by atoms with Gasteiger partial charge in [0.2, 0.25) is 11.7 Å². The van der Waals surface area contributed by atoms with E-state index >= 15 is 0 Å². The summed E-state index contributed by atoms with van der Waals surface area (Å²) < 4.78 is 15.9. The molecular formula is C16H21NO5. The molecule has 1 atom stereocenters. The summed E-state index contributed by atoms with van der Waals surface area (Å²) in [6.45, 7) is 0.617. The van der Waals surface area contributed by atoms with Crippen molar-refractivity contribution in [3.05, 3.63) is 17.7 Å². The smallest absolute Gasteiger partial charge is 0.220 e. The molecule has 0 bridgehead atoms. The number of carbonyl (C=O) groups is 2. The molecule has 0 aliphatic carbocycles. The lowest BCUT2D eigenvalue weighted by Crippen LogP contribution is -2.24. The Bertz CT molecular complexity index is 570. The van der Waals surface area contributed by atoms with E-state index in [2.05, 4.69) is 5.32 Å². The molecule has 0 aromatic heterocycles. The molecule has 120 valence electrons. The minimum atomic E-state index is -0.338. The fraction of sp³-hybridized carbons (Fsp3) is 0.500. The van der Waals surface area contributed by atoms with Gasteiger partial charge in [0.25, 0.3) is 0 Å². The van der Waals surface area contributed by atoms with Gasteiger partial charge in [-0.15, -0.1) is 0 Å². The van der Waals surface area contributed by atoms with E-state index in [1.54, 1.807) is 12.1 Å². The molecule has 1 amide bonds. The van der Waals surface area contributed by atoms with Gasteiger partial charge in [0, 0.05) is 18.9 Å². The number of amides is 1. The number of ketones is 1. The van der Waals surface area contributed by atoms with Gasteiger partial charge in [0.05, 0.1) is 26.9 Å². The first kappa shape index (κ1) is 16.1. The molecule has 1 aromatic carbocycles. The van der Waals surface area contributed by atoms with Gasteiger partial charge >= 0.3 is 0 Å². The van der Waals surface area contributed by atoms with Crippen molar-refractivity contribution in [3.63, 3.8) is 0 Å². The first-order chi connectivity index (χ1) is 10.6. The van der Waals surface area contributed by atoms with Gasteiger partial charge in [-0.2, -0.15) is 0 Å². The molecule has 0 radical (unpaired) electrons. The standard InChI is InChI=1S/C16H21NO5/c1-20-12-7-6-11(15(21-2)16(12)22-3)14(19)10-5-4-8-17-13(18)9-10/h6-7,10H,4-5,8-9H2,1-3H3,(H,17,18). The van der Waals surface area contributed by atoms with Gasteiger partial charge in [-0.05, 0) is 25.0 Å². The SMILES string of the molecule is COc1ccc(C(=O)C2CCCNC(=O)C2)c(OC)c1OC. The van der Waals surface area contributed by atoms with Crippen LogP contribution in [0.4, 0.5) is 0 Å². The molecule has 1 fully saturated rings. The average Bonchev–Trinajstić information content (AvgIpc) is 2.76. The van der Waals surface area contributed by atoms with E-state index in [1.807, 2.05) is 0 Å². The fourth-order valence-corrected chi connectivity index (χ4v) is 2.71. The highest BCUT2D eigenvalue weighted by Gasteiger charge is 2.29. The summed E-state index contributed by atoms with van der Waals surface area (Å²) in [4.78, 5) is 24.5. The minimum absolute atomic E-state index is 0.0877. The van der Waals surface area contributed by atoms with Crippen LogP contribution < -0.4 is 19.5 Å². The number of Topliss-reactive ketones (excluding diaryl/α,β-unsaturated/α-hetero) is 1. The van der Waals surface area contributed by atoms with Crippen LogP contribution in [0.15, 0.2) is 12.1 Å². The molecule has 1 aromatic rings. The summed E-state index contributed by atoms with van der Waals surface area (Å²) in [7, 11) is 4.50. The third-order valence-electron chi connectivity index (χ3n) is 3.82. The van der Waals surface area contributed by atoms with E-state index in [-0.39, 0.29) is 24.0 Å². The van der Waals surface area contributed by atoms with Crippen LogP contribution >= 0.6 is 0 Å². The number of ether oxygens (including phenoxy) is 3. The third kappa shape index (κ3) is 3.16. The number of hydrogen-bond acceptors (Lipinski definition) is 5. The molecule has 0 spiro atoms. The van der Waals surface area contributed by atoms with Crippen molar-refractivity contribution in [3.8, 4) is 17.2 Å². The van der Waals surface area contributed by atoms with Crippen LogP contribution in [0.25, 0.3) is 0 Å². The van der Waals surface area contributed by atoms with Crippen LogP contribution in [0.1, 0.15) is 29.6 Å². The Morgan fingerprint density at radius 3 is 2.50 bits per heavy atom. The molecule has 1 unspecified atom stereocenters. The van der Waals surface area contributed by atoms with E-state index in [1.165, 1.54) is 21.3 Å². The van der Waals surface area contributed by atoms with Crippen molar-refractivity contribution in [1.29, 1.82) is 0 Å². The maximum atomic E-state index is 12.8. The minimum Gasteiger partial charge on any atom is -0.493 e. The summed E-state index contributed by atoms with van der Waals surface area (Å²) in [5.74, 6) is 0.694. The molecular weight excluding hydrogens is 286 g/mol. The van der Waals surface area contributed by atoms with E-state index in [0.717, 1.165) is 6.42 Å². The molecule has 22 heavy (non-hydrogen) atoms. The summed E-state index contributed by atoms with van der Waals surface area (Å²) in [5.41, 5.74) is 0.417. The Kier molecular flexibility index (Phi) is 5.25. The summed E-state index contributed by atoms with van der Waals surface area (Å²) in [5, 5.41) is 2.78. The second-order valence-electron chi connectivity index (χ2n) is 5.14. The predicted octanol–water partition coefficient (Wildman–Crippen LogP) is 1.81. The lowest BCUT2D eigenvalue weighted by molar-refractivity contribution is -0.121. The topological polar surface area (TPSA) is 73.9 Å². The quantitative estimate of drug-likeness (QED) is 0.840. The van der Waals surface area contributed by atoms with Crippen molar-refractivity contribution in [2.75, 3.05) is 27.9 Å². The molecule has 1 heterocycles. The van der Waals surface area contributed by atoms with E-state index in [9.17, 15) is 9.59 Å². The lowest BCUT2D eigenvalue weighted by Gasteiger charge is -2.18. The highest BCUT2D eigenvalue weighted by Crippen LogP contribution is 2.41. The van der Waals surface area contributed by atoms with Crippen molar-refractivity contribution in [2.24, 2.45) is 5.92 Å². The second-order valence-corrected chi connectivity index (χ2v) is 5.14. The summed E-state index contributed by atoms with van der Waals surface area (Å²) in [6, 6.07) is 3.33.